The average molecular weight is 300 g/mol. The van der Waals surface area contributed by atoms with Gasteiger partial charge in [-0.2, -0.15) is 0 Å². The minimum Gasteiger partial charge on any atom is -0.299 e. The van der Waals surface area contributed by atoms with Crippen LogP contribution < -0.4 is 0 Å². The summed E-state index contributed by atoms with van der Waals surface area (Å²) in [5.41, 5.74) is 1.24. The van der Waals surface area contributed by atoms with Crippen LogP contribution in [0, 0.1) is 11.8 Å². The van der Waals surface area contributed by atoms with Gasteiger partial charge in [-0.25, -0.2) is 0 Å². The van der Waals surface area contributed by atoms with Gasteiger partial charge in [0.1, 0.15) is 5.78 Å². The molecule has 0 heterocycles. The molecule has 0 saturated heterocycles. The number of carbonyl (C=O) groups excluding carboxylic acids is 1. The van der Waals surface area contributed by atoms with Gasteiger partial charge in [-0.15, -0.1) is 0 Å². The molecule has 1 unspecified atom stereocenters. The normalized spacial score (nSPS) is 17.7. The largest absolute Gasteiger partial charge is 0.299 e. The lowest BCUT2D eigenvalue weighted by molar-refractivity contribution is -0.127. The highest BCUT2D eigenvalue weighted by Crippen LogP contribution is 2.35. The van der Waals surface area contributed by atoms with Gasteiger partial charge < -0.3 is 0 Å². The Bertz CT molecular complexity index is 432. The molecule has 0 radical (unpaired) electrons. The lowest BCUT2D eigenvalue weighted by atomic mass is 9.74. The van der Waals surface area contributed by atoms with E-state index in [1.165, 1.54) is 44.1 Å². The van der Waals surface area contributed by atoms with E-state index in [1.54, 1.807) is 0 Å². The first kappa shape index (κ1) is 17.2. The standard InChI is InChI=1S/C21H32O/c1-3-4-6-10-17(2)15-16-20(18-11-7-5-8-12-18)21(22)19-13-9-14-19/h5,7-8,11-12,17,19-20H,3-4,6,9-10,13-16H2,1-2H3/t17?,20-/m0/s1. The Morgan fingerprint density at radius 1 is 1.09 bits per heavy atom. The van der Waals surface area contributed by atoms with Gasteiger partial charge >= 0.3 is 0 Å². The zero-order valence-corrected chi connectivity index (χ0v) is 14.4. The van der Waals surface area contributed by atoms with Crippen molar-refractivity contribution in [1.29, 1.82) is 0 Å². The van der Waals surface area contributed by atoms with Gasteiger partial charge in [-0.1, -0.05) is 76.3 Å². The number of hydrogen-bond acceptors (Lipinski definition) is 1. The van der Waals surface area contributed by atoms with Crippen LogP contribution in [0.1, 0.15) is 83.1 Å². The lowest BCUT2D eigenvalue weighted by Gasteiger charge is -2.29. The van der Waals surface area contributed by atoms with Gasteiger partial charge in [0.2, 0.25) is 0 Å². The Balaban J connectivity index is 1.91. The summed E-state index contributed by atoms with van der Waals surface area (Å²) in [7, 11) is 0. The van der Waals surface area contributed by atoms with E-state index in [0.29, 0.717) is 11.7 Å². The molecule has 1 aliphatic rings. The third-order valence-electron chi connectivity index (χ3n) is 5.30. The molecule has 1 aliphatic carbocycles. The van der Waals surface area contributed by atoms with Crippen LogP contribution in [-0.4, -0.2) is 5.78 Å². The van der Waals surface area contributed by atoms with Crippen LogP contribution in [0.15, 0.2) is 30.3 Å². The van der Waals surface area contributed by atoms with E-state index in [4.69, 9.17) is 0 Å². The first-order chi connectivity index (χ1) is 10.7. The molecule has 2 rings (SSSR count). The summed E-state index contributed by atoms with van der Waals surface area (Å²) >= 11 is 0. The van der Waals surface area contributed by atoms with Crippen molar-refractivity contribution in [3.05, 3.63) is 35.9 Å². The zero-order chi connectivity index (χ0) is 15.8. The highest BCUT2D eigenvalue weighted by atomic mass is 16.1. The van der Waals surface area contributed by atoms with E-state index < -0.39 is 0 Å². The number of benzene rings is 1. The second-order valence-corrected chi connectivity index (χ2v) is 7.17. The Morgan fingerprint density at radius 3 is 2.41 bits per heavy atom. The van der Waals surface area contributed by atoms with Crippen LogP contribution in [-0.2, 0) is 4.79 Å². The van der Waals surface area contributed by atoms with Crippen LogP contribution in [0.25, 0.3) is 0 Å². The molecular weight excluding hydrogens is 268 g/mol. The quantitative estimate of drug-likeness (QED) is 0.475. The van der Waals surface area contributed by atoms with Crippen molar-refractivity contribution in [2.24, 2.45) is 11.8 Å². The smallest absolute Gasteiger partial charge is 0.143 e. The maximum absolute atomic E-state index is 12.8. The van der Waals surface area contributed by atoms with E-state index in [1.807, 2.05) is 6.07 Å². The number of hydrogen-bond donors (Lipinski definition) is 0. The second-order valence-electron chi connectivity index (χ2n) is 7.17. The molecule has 1 fully saturated rings. The Hall–Kier alpha value is -1.11. The third-order valence-corrected chi connectivity index (χ3v) is 5.30. The van der Waals surface area contributed by atoms with Crippen molar-refractivity contribution in [2.45, 2.75) is 77.6 Å². The summed E-state index contributed by atoms with van der Waals surface area (Å²) in [6.45, 7) is 4.61. The molecule has 0 bridgehead atoms. The Morgan fingerprint density at radius 2 is 1.82 bits per heavy atom. The molecule has 22 heavy (non-hydrogen) atoms. The van der Waals surface area contributed by atoms with E-state index in [-0.39, 0.29) is 5.92 Å². The molecular formula is C21H32O. The van der Waals surface area contributed by atoms with Crippen molar-refractivity contribution < 1.29 is 4.79 Å². The van der Waals surface area contributed by atoms with Crippen molar-refractivity contribution in [2.75, 3.05) is 0 Å². The fourth-order valence-electron chi connectivity index (χ4n) is 3.47. The van der Waals surface area contributed by atoms with Crippen LogP contribution in [0.4, 0.5) is 0 Å². The second kappa shape index (κ2) is 9.12. The van der Waals surface area contributed by atoms with E-state index >= 15 is 0 Å². The molecule has 0 N–H and O–H groups in total. The van der Waals surface area contributed by atoms with E-state index in [9.17, 15) is 4.79 Å². The molecule has 1 saturated carbocycles. The van der Waals surface area contributed by atoms with E-state index in [0.717, 1.165) is 25.2 Å². The fraction of sp³-hybridized carbons (Fsp3) is 0.667. The number of unbranched alkanes of at least 4 members (excludes halogenated alkanes) is 2. The molecule has 1 nitrogen and oxygen atoms in total. The highest BCUT2D eigenvalue weighted by molar-refractivity contribution is 5.88. The minimum atomic E-state index is 0.139. The van der Waals surface area contributed by atoms with Crippen molar-refractivity contribution >= 4 is 5.78 Å². The van der Waals surface area contributed by atoms with Crippen LogP contribution >= 0.6 is 0 Å². The van der Waals surface area contributed by atoms with Gasteiger partial charge in [0, 0.05) is 11.8 Å². The minimum absolute atomic E-state index is 0.139. The predicted molar refractivity (Wildman–Crippen MR) is 94.1 cm³/mol. The Labute approximate surface area is 136 Å². The molecule has 1 aromatic carbocycles. The third kappa shape index (κ3) is 4.97. The summed E-state index contributed by atoms with van der Waals surface area (Å²) in [6.07, 6.45) is 11.0. The molecule has 122 valence electrons. The van der Waals surface area contributed by atoms with Crippen LogP contribution in [0.5, 0.6) is 0 Å². The number of Topliss-reactive ketones (excluding diaryl/α,β-unsaturated/α-hetero) is 1. The van der Waals surface area contributed by atoms with Gasteiger partial charge in [-0.05, 0) is 37.2 Å². The average Bonchev–Trinajstić information content (AvgIpc) is 2.47. The maximum atomic E-state index is 12.8. The van der Waals surface area contributed by atoms with E-state index in [2.05, 4.69) is 38.1 Å². The molecule has 0 aliphatic heterocycles. The molecule has 0 amide bonds. The van der Waals surface area contributed by atoms with Gasteiger partial charge in [0.05, 0.1) is 0 Å². The number of carbonyl (C=O) groups is 1. The summed E-state index contributed by atoms with van der Waals surface area (Å²) < 4.78 is 0. The number of rotatable bonds is 10. The molecule has 2 atom stereocenters. The van der Waals surface area contributed by atoms with Crippen molar-refractivity contribution in [1.82, 2.24) is 0 Å². The van der Waals surface area contributed by atoms with Crippen molar-refractivity contribution in [3.8, 4) is 0 Å². The van der Waals surface area contributed by atoms with Crippen molar-refractivity contribution in [3.63, 3.8) is 0 Å². The van der Waals surface area contributed by atoms with Crippen LogP contribution in [0.2, 0.25) is 0 Å². The van der Waals surface area contributed by atoms with Gasteiger partial charge in [0.25, 0.3) is 0 Å². The first-order valence-electron chi connectivity index (χ1n) is 9.31. The summed E-state index contributed by atoms with van der Waals surface area (Å²) in [5, 5.41) is 0. The highest BCUT2D eigenvalue weighted by Gasteiger charge is 2.31. The topological polar surface area (TPSA) is 17.1 Å². The maximum Gasteiger partial charge on any atom is 0.143 e. The summed E-state index contributed by atoms with van der Waals surface area (Å²) in [4.78, 5) is 12.8. The molecule has 0 aromatic heterocycles. The zero-order valence-electron chi connectivity index (χ0n) is 14.4. The molecule has 1 heteroatoms. The first-order valence-corrected chi connectivity index (χ1v) is 9.31. The van der Waals surface area contributed by atoms with Crippen LogP contribution in [0.3, 0.4) is 0 Å². The lowest BCUT2D eigenvalue weighted by Crippen LogP contribution is -2.27. The predicted octanol–water partition coefficient (Wildman–Crippen LogP) is 6.14. The fourth-order valence-corrected chi connectivity index (χ4v) is 3.47. The molecule has 1 aromatic rings. The Kier molecular flexibility index (Phi) is 7.15. The summed E-state index contributed by atoms with van der Waals surface area (Å²) in [6, 6.07) is 10.5. The van der Waals surface area contributed by atoms with Gasteiger partial charge in [0.15, 0.2) is 0 Å². The van der Waals surface area contributed by atoms with Gasteiger partial charge in [-0.3, -0.25) is 4.79 Å². The summed E-state index contributed by atoms with van der Waals surface area (Å²) in [5.74, 6) is 1.74. The SMILES string of the molecule is CCCCCC(C)CC[C@H](C(=O)C1CCC1)c1ccccc1. The monoisotopic (exact) mass is 300 g/mol. The number of ketones is 1. The molecule has 0 spiro atoms.